The molecule has 4 heteroatoms. The Morgan fingerprint density at radius 1 is 1.00 bits per heavy atom. The van der Waals surface area contributed by atoms with Gasteiger partial charge in [-0.2, -0.15) is 0 Å². The Morgan fingerprint density at radius 2 is 1.69 bits per heavy atom. The molecule has 1 atom stereocenters. The molecule has 1 aliphatic rings. The zero-order chi connectivity index (χ0) is 23.0. The van der Waals surface area contributed by atoms with Crippen LogP contribution in [0.2, 0.25) is 0 Å². The summed E-state index contributed by atoms with van der Waals surface area (Å²) in [7, 11) is 0. The van der Waals surface area contributed by atoms with Gasteiger partial charge in [-0.3, -0.25) is 9.59 Å². The number of aryl methyl sites for hydroxylation is 2. The molecule has 0 radical (unpaired) electrons. The first-order chi connectivity index (χ1) is 15.2. The van der Waals surface area contributed by atoms with E-state index in [2.05, 4.69) is 32.0 Å². The molecule has 0 fully saturated rings. The first kappa shape index (κ1) is 22.0. The Kier molecular flexibility index (Phi) is 5.74. The molecular formula is C28H29NO3. The van der Waals surface area contributed by atoms with Gasteiger partial charge in [0.25, 0.3) is 5.91 Å². The third kappa shape index (κ3) is 3.87. The van der Waals surface area contributed by atoms with Crippen molar-refractivity contribution in [1.29, 1.82) is 0 Å². The van der Waals surface area contributed by atoms with Crippen molar-refractivity contribution >= 4 is 17.4 Å². The highest BCUT2D eigenvalue weighted by Gasteiger charge is 2.50. The molecule has 0 saturated heterocycles. The van der Waals surface area contributed by atoms with E-state index in [1.165, 1.54) is 5.56 Å². The number of carbonyl (C=O) groups excluding carboxylic acids is 2. The lowest BCUT2D eigenvalue weighted by atomic mass is 9.88. The van der Waals surface area contributed by atoms with Crippen LogP contribution in [0.25, 0.3) is 0 Å². The van der Waals surface area contributed by atoms with Crippen molar-refractivity contribution in [3.8, 4) is 0 Å². The number of benzene rings is 3. The van der Waals surface area contributed by atoms with E-state index in [9.17, 15) is 14.7 Å². The number of nitrogens with zero attached hydrogens (tertiary/aromatic N) is 1. The highest BCUT2D eigenvalue weighted by atomic mass is 16.3. The molecule has 3 aromatic carbocycles. The Hall–Kier alpha value is -3.24. The van der Waals surface area contributed by atoms with Crippen molar-refractivity contribution in [2.24, 2.45) is 0 Å². The Labute approximate surface area is 189 Å². The molecule has 0 aromatic heterocycles. The number of Topliss-reactive ketones (excluding diaryl/α,β-unsaturated/α-hetero) is 1. The topological polar surface area (TPSA) is 57.6 Å². The second-order valence-corrected chi connectivity index (χ2v) is 9.08. The van der Waals surface area contributed by atoms with Crippen LogP contribution in [0.3, 0.4) is 0 Å². The molecule has 4 nitrogen and oxygen atoms in total. The number of fused-ring (bicyclic) bond motifs is 1. The van der Waals surface area contributed by atoms with E-state index in [1.54, 1.807) is 29.2 Å². The maximum Gasteiger partial charge on any atom is 0.264 e. The smallest absolute Gasteiger partial charge is 0.264 e. The fourth-order valence-corrected chi connectivity index (χ4v) is 4.30. The number of aliphatic hydroxyl groups is 1. The van der Waals surface area contributed by atoms with Crippen LogP contribution in [-0.2, 0) is 16.9 Å². The Bertz CT molecular complexity index is 1180. The summed E-state index contributed by atoms with van der Waals surface area (Å²) in [6, 6.07) is 20.7. The number of ketones is 1. The summed E-state index contributed by atoms with van der Waals surface area (Å²) in [5.41, 5.74) is 4.15. The minimum Gasteiger partial charge on any atom is -0.375 e. The van der Waals surface area contributed by atoms with Gasteiger partial charge in [0, 0.05) is 11.1 Å². The van der Waals surface area contributed by atoms with Crippen LogP contribution < -0.4 is 4.90 Å². The van der Waals surface area contributed by atoms with Crippen molar-refractivity contribution < 1.29 is 14.7 Å². The molecule has 0 spiro atoms. The lowest BCUT2D eigenvalue weighted by Crippen LogP contribution is -2.41. The van der Waals surface area contributed by atoms with E-state index in [0.717, 1.165) is 16.7 Å². The molecule has 0 aliphatic carbocycles. The average Bonchev–Trinajstić information content (AvgIpc) is 2.97. The van der Waals surface area contributed by atoms with Gasteiger partial charge in [-0.15, -0.1) is 0 Å². The lowest BCUT2D eigenvalue weighted by molar-refractivity contribution is -0.136. The summed E-state index contributed by atoms with van der Waals surface area (Å²) < 4.78 is 0. The molecule has 0 saturated carbocycles. The number of amides is 1. The summed E-state index contributed by atoms with van der Waals surface area (Å²) in [5.74, 6) is -0.330. The molecular weight excluding hydrogens is 398 g/mol. The molecule has 1 amide bonds. The number of hydrogen-bond acceptors (Lipinski definition) is 3. The number of para-hydroxylation sites is 1. The third-order valence-electron chi connectivity index (χ3n) is 6.40. The monoisotopic (exact) mass is 427 g/mol. The fraction of sp³-hybridized carbons (Fsp3) is 0.286. The van der Waals surface area contributed by atoms with Crippen molar-refractivity contribution in [2.45, 2.75) is 52.2 Å². The second kappa shape index (κ2) is 8.36. The van der Waals surface area contributed by atoms with E-state index in [0.29, 0.717) is 29.3 Å². The van der Waals surface area contributed by atoms with E-state index in [1.807, 2.05) is 38.1 Å². The van der Waals surface area contributed by atoms with E-state index in [-0.39, 0.29) is 12.2 Å². The molecule has 1 aliphatic heterocycles. The number of anilines is 1. The minimum atomic E-state index is -1.87. The van der Waals surface area contributed by atoms with Crippen molar-refractivity contribution in [3.63, 3.8) is 0 Å². The van der Waals surface area contributed by atoms with E-state index < -0.39 is 11.5 Å². The predicted octanol–water partition coefficient (Wildman–Crippen LogP) is 5.43. The summed E-state index contributed by atoms with van der Waals surface area (Å²) in [6.45, 7) is 8.61. The highest BCUT2D eigenvalue weighted by Crippen LogP contribution is 2.43. The van der Waals surface area contributed by atoms with Gasteiger partial charge in [-0.05, 0) is 42.5 Å². The van der Waals surface area contributed by atoms with Gasteiger partial charge < -0.3 is 10.0 Å². The number of hydrogen-bond donors (Lipinski definition) is 1. The zero-order valence-electron chi connectivity index (χ0n) is 19.1. The maximum absolute atomic E-state index is 13.6. The summed E-state index contributed by atoms with van der Waals surface area (Å²) in [6.07, 6.45) is -0.284. The van der Waals surface area contributed by atoms with Crippen LogP contribution in [0.5, 0.6) is 0 Å². The van der Waals surface area contributed by atoms with Crippen LogP contribution in [0.4, 0.5) is 5.69 Å². The van der Waals surface area contributed by atoms with Gasteiger partial charge in [0.15, 0.2) is 11.4 Å². The maximum atomic E-state index is 13.6. The molecule has 3 aromatic rings. The van der Waals surface area contributed by atoms with Gasteiger partial charge in [0.05, 0.1) is 18.7 Å². The average molecular weight is 428 g/mol. The first-order valence-corrected chi connectivity index (χ1v) is 11.0. The van der Waals surface area contributed by atoms with Crippen molar-refractivity contribution in [1.82, 2.24) is 0 Å². The lowest BCUT2D eigenvalue weighted by Gasteiger charge is -2.24. The quantitative estimate of drug-likeness (QED) is 0.533. The largest absolute Gasteiger partial charge is 0.375 e. The Balaban J connectivity index is 1.69. The van der Waals surface area contributed by atoms with Crippen LogP contribution in [-0.4, -0.2) is 16.8 Å². The molecule has 1 heterocycles. The Morgan fingerprint density at radius 3 is 2.38 bits per heavy atom. The van der Waals surface area contributed by atoms with Crippen LogP contribution in [0.1, 0.15) is 64.4 Å². The molecule has 4 rings (SSSR count). The van der Waals surface area contributed by atoms with Crippen molar-refractivity contribution in [3.05, 3.63) is 100 Å². The van der Waals surface area contributed by atoms with Crippen molar-refractivity contribution in [2.75, 3.05) is 4.90 Å². The highest BCUT2D eigenvalue weighted by molar-refractivity contribution is 6.10. The molecule has 164 valence electrons. The zero-order valence-corrected chi connectivity index (χ0v) is 19.1. The van der Waals surface area contributed by atoms with Crippen LogP contribution >= 0.6 is 0 Å². The number of carbonyl (C=O) groups is 2. The van der Waals surface area contributed by atoms with Crippen LogP contribution in [0, 0.1) is 13.8 Å². The van der Waals surface area contributed by atoms with Gasteiger partial charge in [0.1, 0.15) is 0 Å². The van der Waals surface area contributed by atoms with Gasteiger partial charge in [-0.25, -0.2) is 0 Å². The standard InChI is InChI=1S/C28H29NO3/c1-18(2)22-14-11-20(4)23(15-22)17-29-25-8-6-5-7-24(25)28(32,27(29)31)16-26(30)21-12-9-19(3)10-13-21/h5-15,18,32H,16-17H2,1-4H3/t28-/m1/s1. The van der Waals surface area contributed by atoms with Gasteiger partial charge >= 0.3 is 0 Å². The normalized spacial score (nSPS) is 17.7. The van der Waals surface area contributed by atoms with Crippen LogP contribution in [0.15, 0.2) is 66.7 Å². The van der Waals surface area contributed by atoms with Gasteiger partial charge in [0.2, 0.25) is 0 Å². The number of rotatable bonds is 6. The van der Waals surface area contributed by atoms with E-state index in [4.69, 9.17) is 0 Å². The third-order valence-corrected chi connectivity index (χ3v) is 6.40. The SMILES string of the molecule is Cc1ccc(C(=O)C[C@]2(O)C(=O)N(Cc3cc(C(C)C)ccc3C)c3ccccc32)cc1. The molecule has 32 heavy (non-hydrogen) atoms. The minimum absolute atomic E-state index is 0.254. The molecule has 0 bridgehead atoms. The summed E-state index contributed by atoms with van der Waals surface area (Å²) >= 11 is 0. The fourth-order valence-electron chi connectivity index (χ4n) is 4.30. The second-order valence-electron chi connectivity index (χ2n) is 9.08. The predicted molar refractivity (Wildman–Crippen MR) is 127 cm³/mol. The molecule has 0 unspecified atom stereocenters. The van der Waals surface area contributed by atoms with Gasteiger partial charge in [-0.1, -0.05) is 80.1 Å². The van der Waals surface area contributed by atoms with E-state index >= 15 is 0 Å². The summed E-state index contributed by atoms with van der Waals surface area (Å²) in [4.78, 5) is 28.2. The summed E-state index contributed by atoms with van der Waals surface area (Å²) in [5, 5.41) is 11.5. The first-order valence-electron chi connectivity index (χ1n) is 11.0. The molecule has 1 N–H and O–H groups in total.